The Morgan fingerprint density at radius 1 is 1.50 bits per heavy atom. The van der Waals surface area contributed by atoms with Crippen LogP contribution in [0.15, 0.2) is 0 Å². The van der Waals surface area contributed by atoms with E-state index in [0.29, 0.717) is 0 Å². The van der Waals surface area contributed by atoms with Crippen LogP contribution >= 0.6 is 0 Å². The van der Waals surface area contributed by atoms with Gasteiger partial charge < -0.3 is 25.0 Å². The van der Waals surface area contributed by atoms with Crippen LogP contribution in [0.2, 0.25) is 0 Å². The summed E-state index contributed by atoms with van der Waals surface area (Å²) >= 11 is 0. The zero-order chi connectivity index (χ0) is 7.15. The molecule has 0 aliphatic carbocycles. The number of carboxylic acids is 1. The number of carbonyl (C=O) groups is 1. The molecule has 0 aromatic rings. The van der Waals surface area contributed by atoms with Gasteiger partial charge in [-0.25, -0.2) is 0 Å². The first-order valence-corrected chi connectivity index (χ1v) is 1.64. The summed E-state index contributed by atoms with van der Waals surface area (Å²) in [5.74, 6) is -1.08. The van der Waals surface area contributed by atoms with Crippen LogP contribution in [0, 0.1) is 0 Å². The van der Waals surface area contributed by atoms with Gasteiger partial charge in [0.25, 0.3) is 0 Å². The van der Waals surface area contributed by atoms with Gasteiger partial charge in [-0.1, -0.05) is 0 Å². The van der Waals surface area contributed by atoms with Crippen LogP contribution in [-0.4, -0.2) is 18.3 Å². The van der Waals surface area contributed by atoms with E-state index in [4.69, 9.17) is 25.0 Å². The van der Waals surface area contributed by atoms with Crippen molar-refractivity contribution in [3.8, 4) is 0 Å². The summed E-state index contributed by atoms with van der Waals surface area (Å²) < 4.78 is 0. The van der Waals surface area contributed by atoms with Crippen LogP contribution in [0.3, 0.4) is 0 Å². The summed E-state index contributed by atoms with van der Waals surface area (Å²) in [7, 11) is -2.67. The number of aliphatic carboxylic acids is 1. The maximum Gasteiger partial charge on any atom is 2.00 e. The molecule has 0 fully saturated rings. The molecule has 0 radical (unpaired) electrons. The quantitative estimate of drug-likeness (QED) is 0.411. The monoisotopic (exact) mass is 222 g/mol. The molecule has 0 bridgehead atoms. The normalized spacial score (nSPS) is 5.20. The third kappa shape index (κ3) is 260. The van der Waals surface area contributed by atoms with Gasteiger partial charge in [-0.05, 0) is 6.92 Å². The molecule has 0 unspecified atom stereocenters. The average Bonchev–Trinajstić information content (AvgIpc) is 1.25. The Hall–Kier alpha value is 1.67. The van der Waals surface area contributed by atoms with Gasteiger partial charge in [0.1, 0.15) is 0 Å². The summed E-state index contributed by atoms with van der Waals surface area (Å²) in [5.41, 5.74) is 0. The maximum absolute atomic E-state index is 8.89. The van der Waals surface area contributed by atoms with Gasteiger partial charge in [-0.3, -0.25) is 0 Å². The Kier molecular flexibility index (Phi) is 38.3. The predicted molar refractivity (Wildman–Crippen MR) is 18.7 cm³/mol. The molecule has 0 rings (SSSR count). The second-order valence-corrected chi connectivity index (χ2v) is 0.799. The molecule has 0 aromatic heterocycles. The van der Waals surface area contributed by atoms with Gasteiger partial charge in [0.2, 0.25) is 0 Å². The third-order valence-corrected chi connectivity index (χ3v) is 0. The van der Waals surface area contributed by atoms with E-state index in [1.165, 1.54) is 0 Å². The smallest absolute Gasteiger partial charge is 0.871 e. The largest absolute Gasteiger partial charge is 2.00 e. The molecule has 0 heterocycles. The summed E-state index contributed by atoms with van der Waals surface area (Å²) in [5, 5.41) is 32.9. The van der Waals surface area contributed by atoms with Crippen molar-refractivity contribution < 1.29 is 95.8 Å². The van der Waals surface area contributed by atoms with E-state index < -0.39 is 13.3 Å². The summed E-state index contributed by atoms with van der Waals surface area (Å²) in [6.07, 6.45) is 0. The molecule has 5 nitrogen and oxygen atoms in total. The Balaban J connectivity index is -0.0000000300. The SMILES string of the molecule is CC(=O)[O-].[K+].[O-]B([O-])O.[Zn+2]. The fourth-order valence-electron chi connectivity index (χ4n) is 0. The molecule has 0 aliphatic heterocycles. The zero-order valence-electron chi connectivity index (χ0n) is 5.86. The minimum Gasteiger partial charge on any atom is -0.871 e. The van der Waals surface area contributed by atoms with Crippen LogP contribution in [0.5, 0.6) is 0 Å². The summed E-state index contributed by atoms with van der Waals surface area (Å²) in [6, 6.07) is 0. The zero-order valence-corrected chi connectivity index (χ0v) is 12.0. The average molecular weight is 223 g/mol. The minimum absolute atomic E-state index is 0. The minimum atomic E-state index is -2.67. The van der Waals surface area contributed by atoms with Gasteiger partial charge >= 0.3 is 70.9 Å². The van der Waals surface area contributed by atoms with Gasteiger partial charge in [-0.15, -0.1) is 0 Å². The number of carboxylic acid groups (broad SMARTS) is 1. The van der Waals surface area contributed by atoms with Gasteiger partial charge in [-0.2, -0.15) is 0 Å². The summed E-state index contributed by atoms with van der Waals surface area (Å²) in [6.45, 7) is 0.972. The molecule has 0 saturated carbocycles. The molecule has 8 heteroatoms. The Bertz CT molecular complexity index is 63.9. The van der Waals surface area contributed by atoms with Crippen molar-refractivity contribution in [1.82, 2.24) is 0 Å². The maximum atomic E-state index is 8.89. The van der Waals surface area contributed by atoms with E-state index in [1.807, 2.05) is 0 Å². The number of rotatable bonds is 0. The number of hydrogen-bond acceptors (Lipinski definition) is 5. The van der Waals surface area contributed by atoms with E-state index in [9.17, 15) is 0 Å². The number of hydrogen-bond donors (Lipinski definition) is 1. The van der Waals surface area contributed by atoms with Crippen LogP contribution in [-0.2, 0) is 24.3 Å². The first-order chi connectivity index (χ1) is 3.46. The fourth-order valence-corrected chi connectivity index (χ4v) is 0. The first-order valence-electron chi connectivity index (χ1n) is 1.64. The standard InChI is InChI=1S/C2H4O2.BHO3.K.Zn/c1-2(3)4;2-1(3)4;;/h1H3,(H,3,4);2H;;/q;-2;+1;+2/p-1. The van der Waals surface area contributed by atoms with Crippen molar-refractivity contribution in [2.24, 2.45) is 0 Å². The van der Waals surface area contributed by atoms with E-state index in [1.54, 1.807) is 0 Å². The Labute approximate surface area is 114 Å². The van der Waals surface area contributed by atoms with Crippen LogP contribution in [0.25, 0.3) is 0 Å². The van der Waals surface area contributed by atoms with E-state index >= 15 is 0 Å². The molecule has 0 saturated heterocycles. The predicted octanol–water partition coefficient (Wildman–Crippen LogP) is -7.56. The molecule has 1 N–H and O–H groups in total. The Morgan fingerprint density at radius 3 is 1.50 bits per heavy atom. The van der Waals surface area contributed by atoms with E-state index in [2.05, 4.69) is 0 Å². The van der Waals surface area contributed by atoms with E-state index in [-0.39, 0.29) is 70.9 Å². The molecular formula is C2H4BKO5Zn. The first kappa shape index (κ1) is 22.6. The van der Waals surface area contributed by atoms with Gasteiger partial charge in [0, 0.05) is 5.97 Å². The van der Waals surface area contributed by atoms with Crippen molar-refractivity contribution >= 4 is 13.3 Å². The van der Waals surface area contributed by atoms with Crippen molar-refractivity contribution in [3.63, 3.8) is 0 Å². The van der Waals surface area contributed by atoms with Crippen LogP contribution in [0.1, 0.15) is 6.92 Å². The van der Waals surface area contributed by atoms with Crippen LogP contribution < -0.4 is 66.5 Å². The summed E-state index contributed by atoms with van der Waals surface area (Å²) in [4.78, 5) is 8.89. The van der Waals surface area contributed by atoms with E-state index in [0.717, 1.165) is 6.92 Å². The van der Waals surface area contributed by atoms with Crippen molar-refractivity contribution in [2.75, 3.05) is 0 Å². The van der Waals surface area contributed by atoms with Crippen molar-refractivity contribution in [2.45, 2.75) is 6.92 Å². The van der Waals surface area contributed by atoms with Crippen molar-refractivity contribution in [3.05, 3.63) is 0 Å². The molecule has 0 atom stereocenters. The van der Waals surface area contributed by atoms with Crippen LogP contribution in [0.4, 0.5) is 0 Å². The molecule has 10 heavy (non-hydrogen) atoms. The van der Waals surface area contributed by atoms with Gasteiger partial charge in [0.15, 0.2) is 0 Å². The third-order valence-electron chi connectivity index (χ3n) is 0. The fraction of sp³-hybridized carbons (Fsp3) is 0.500. The topological polar surface area (TPSA) is 106 Å². The molecular weight excluding hydrogens is 219 g/mol. The van der Waals surface area contributed by atoms with Gasteiger partial charge in [0.05, 0.1) is 7.32 Å². The molecule has 0 spiro atoms. The molecule has 48 valence electrons. The number of carbonyl (C=O) groups excluding carboxylic acids is 1. The second-order valence-electron chi connectivity index (χ2n) is 0.799. The molecule has 0 aromatic carbocycles. The molecule has 0 aliphatic rings. The molecule has 0 amide bonds. The van der Waals surface area contributed by atoms with Crippen molar-refractivity contribution in [1.29, 1.82) is 0 Å². The second kappa shape index (κ2) is 17.0. The Morgan fingerprint density at radius 2 is 1.50 bits per heavy atom.